The second-order valence-electron chi connectivity index (χ2n) is 10.7. The average molecular weight is 663 g/mol. The monoisotopic (exact) mass is 662 g/mol. The topological polar surface area (TPSA) is 107 Å². The molecule has 4 aromatic rings. The van der Waals surface area contributed by atoms with Crippen molar-refractivity contribution < 1.29 is 50.5 Å². The van der Waals surface area contributed by atoms with Crippen LogP contribution in [0.4, 0.5) is 31.1 Å². The fourth-order valence-corrected chi connectivity index (χ4v) is 5.41. The molecule has 0 bridgehead atoms. The summed E-state index contributed by atoms with van der Waals surface area (Å²) in [5.41, 5.74) is -2.13. The molecule has 1 aliphatic rings. The van der Waals surface area contributed by atoms with Crippen molar-refractivity contribution in [1.82, 2.24) is 19.7 Å². The van der Waals surface area contributed by atoms with Crippen molar-refractivity contribution in [3.63, 3.8) is 0 Å². The molecular weight excluding hydrogens is 634 g/mol. The molecule has 15 heteroatoms. The fraction of sp³-hybridized carbons (Fsp3) is 0.312. The number of carbonyl (C=O) groups excluding carboxylic acids is 1. The zero-order valence-electron chi connectivity index (χ0n) is 24.8. The Kier molecular flexibility index (Phi) is 9.45. The Labute approximate surface area is 264 Å². The van der Waals surface area contributed by atoms with Gasteiger partial charge in [-0.3, -0.25) is 0 Å². The van der Waals surface area contributed by atoms with E-state index in [1.807, 2.05) is 12.1 Å². The number of aromatic nitrogens is 3. The number of alkyl halides is 6. The highest BCUT2D eigenvalue weighted by atomic mass is 19.4. The summed E-state index contributed by atoms with van der Waals surface area (Å²) in [7, 11) is 0. The standard InChI is InChI=1S/C32H28F6N4O5/c1-2-46-29(43)23-17-39-42(28(23)32(36,37)38)26-8-4-7-25(40-26)22-5-3-6-24(31(33,34)35)27(22)47-18-19-9-11-20(12-10-19)21-13-15-41(16-14-21)30(44)45/h3-12,17,21H,2,13-16,18H2,1H3,(H,44,45). The Balaban J connectivity index is 1.45. The number of ether oxygens (including phenoxy) is 2. The Morgan fingerprint density at radius 1 is 0.936 bits per heavy atom. The van der Waals surface area contributed by atoms with Crippen LogP contribution >= 0.6 is 0 Å². The van der Waals surface area contributed by atoms with Crippen LogP contribution in [0.25, 0.3) is 17.1 Å². The van der Waals surface area contributed by atoms with Crippen molar-refractivity contribution in [2.24, 2.45) is 0 Å². The molecule has 0 atom stereocenters. The predicted octanol–water partition coefficient (Wildman–Crippen LogP) is 7.59. The third-order valence-corrected chi connectivity index (χ3v) is 7.68. The van der Waals surface area contributed by atoms with Crippen LogP contribution in [0.1, 0.15) is 58.4 Å². The van der Waals surface area contributed by atoms with Crippen molar-refractivity contribution >= 4 is 12.1 Å². The molecule has 1 aliphatic heterocycles. The summed E-state index contributed by atoms with van der Waals surface area (Å²) in [6, 6.07) is 14.1. The number of para-hydroxylation sites is 1. The maximum Gasteiger partial charge on any atom is 0.434 e. The molecule has 1 saturated heterocycles. The first-order valence-electron chi connectivity index (χ1n) is 14.5. The number of carboxylic acid groups (broad SMARTS) is 1. The molecule has 2 aromatic heterocycles. The summed E-state index contributed by atoms with van der Waals surface area (Å²) in [6.45, 7) is 1.80. The molecular formula is C32H28F6N4O5. The molecule has 9 nitrogen and oxygen atoms in total. The SMILES string of the molecule is CCOC(=O)c1cnn(-c2cccc(-c3cccc(C(F)(F)F)c3OCc3ccc(C4CCN(C(=O)O)CC4)cc3)n2)c1C(F)(F)F. The number of nitrogens with zero attached hydrogens (tertiary/aromatic N) is 4. The van der Waals surface area contributed by atoms with Gasteiger partial charge in [-0.25, -0.2) is 19.3 Å². The smallest absolute Gasteiger partial charge is 0.434 e. The maximum absolute atomic E-state index is 14.2. The van der Waals surface area contributed by atoms with E-state index in [4.69, 9.17) is 14.6 Å². The Morgan fingerprint density at radius 2 is 1.62 bits per heavy atom. The fourth-order valence-electron chi connectivity index (χ4n) is 5.41. The molecule has 248 valence electrons. The lowest BCUT2D eigenvalue weighted by molar-refractivity contribution is -0.143. The number of hydrogen-bond donors (Lipinski definition) is 1. The molecule has 0 aliphatic carbocycles. The van der Waals surface area contributed by atoms with E-state index in [0.29, 0.717) is 42.4 Å². The van der Waals surface area contributed by atoms with Crippen molar-refractivity contribution in [2.75, 3.05) is 19.7 Å². The van der Waals surface area contributed by atoms with Crippen LogP contribution in [0, 0.1) is 0 Å². The number of rotatable bonds is 8. The van der Waals surface area contributed by atoms with Crippen LogP contribution in [0.15, 0.2) is 66.9 Å². The van der Waals surface area contributed by atoms with Gasteiger partial charge in [0.05, 0.1) is 24.1 Å². The summed E-state index contributed by atoms with van der Waals surface area (Å²) < 4.78 is 95.5. The number of likely N-dealkylation sites (tertiary alicyclic amines) is 1. The van der Waals surface area contributed by atoms with Crippen molar-refractivity contribution in [3.05, 3.63) is 94.8 Å². The molecule has 1 amide bonds. The van der Waals surface area contributed by atoms with Crippen LogP contribution in [-0.2, 0) is 23.7 Å². The first kappa shape index (κ1) is 33.3. The number of halogens is 6. The summed E-state index contributed by atoms with van der Waals surface area (Å²) in [6.07, 6.45) is -8.87. The Morgan fingerprint density at radius 3 is 2.23 bits per heavy atom. The molecule has 0 spiro atoms. The van der Waals surface area contributed by atoms with Gasteiger partial charge in [0.1, 0.15) is 17.9 Å². The average Bonchev–Trinajstić information content (AvgIpc) is 3.50. The lowest BCUT2D eigenvalue weighted by Crippen LogP contribution is -2.36. The van der Waals surface area contributed by atoms with Gasteiger partial charge in [0.25, 0.3) is 0 Å². The van der Waals surface area contributed by atoms with Gasteiger partial charge >= 0.3 is 24.4 Å². The minimum Gasteiger partial charge on any atom is -0.488 e. The Bertz CT molecular complexity index is 1750. The number of pyridine rings is 1. The number of piperidine rings is 1. The predicted molar refractivity (Wildman–Crippen MR) is 155 cm³/mol. The molecule has 0 saturated carbocycles. The zero-order chi connectivity index (χ0) is 33.9. The first-order valence-corrected chi connectivity index (χ1v) is 14.5. The van der Waals surface area contributed by atoms with Gasteiger partial charge < -0.3 is 19.5 Å². The molecule has 0 radical (unpaired) electrons. The maximum atomic E-state index is 14.2. The minimum absolute atomic E-state index is 0.130. The summed E-state index contributed by atoms with van der Waals surface area (Å²) in [4.78, 5) is 28.9. The van der Waals surface area contributed by atoms with Gasteiger partial charge in [-0.2, -0.15) is 31.4 Å². The highest BCUT2D eigenvalue weighted by molar-refractivity contribution is 5.90. The molecule has 5 rings (SSSR count). The number of carbonyl (C=O) groups is 2. The summed E-state index contributed by atoms with van der Waals surface area (Å²) in [5.74, 6) is -2.08. The quantitative estimate of drug-likeness (QED) is 0.153. The molecule has 1 fully saturated rings. The van der Waals surface area contributed by atoms with Crippen LogP contribution in [0.5, 0.6) is 5.75 Å². The number of amides is 1. The third-order valence-electron chi connectivity index (χ3n) is 7.68. The largest absolute Gasteiger partial charge is 0.488 e. The van der Waals surface area contributed by atoms with Crippen molar-refractivity contribution in [2.45, 2.75) is 44.6 Å². The second kappa shape index (κ2) is 13.3. The van der Waals surface area contributed by atoms with E-state index in [2.05, 4.69) is 10.1 Å². The molecule has 0 unspecified atom stereocenters. The third kappa shape index (κ3) is 7.34. The first-order chi connectivity index (χ1) is 22.3. The molecule has 2 aromatic carbocycles. The van der Waals surface area contributed by atoms with Gasteiger partial charge in [-0.1, -0.05) is 36.4 Å². The number of esters is 1. The number of hydrogen-bond acceptors (Lipinski definition) is 6. The summed E-state index contributed by atoms with van der Waals surface area (Å²) >= 11 is 0. The normalized spacial score (nSPS) is 14.2. The zero-order valence-corrected chi connectivity index (χ0v) is 24.8. The van der Waals surface area contributed by atoms with Gasteiger partial charge in [0.2, 0.25) is 0 Å². The molecule has 47 heavy (non-hydrogen) atoms. The van der Waals surface area contributed by atoms with Crippen molar-refractivity contribution in [3.8, 4) is 22.8 Å². The van der Waals surface area contributed by atoms with Crippen LogP contribution < -0.4 is 4.74 Å². The lowest BCUT2D eigenvalue weighted by Gasteiger charge is -2.30. The van der Waals surface area contributed by atoms with E-state index in [1.54, 1.807) is 12.1 Å². The van der Waals surface area contributed by atoms with E-state index < -0.39 is 52.8 Å². The lowest BCUT2D eigenvalue weighted by atomic mass is 9.89. The molecule has 1 N–H and O–H groups in total. The highest BCUT2D eigenvalue weighted by Crippen LogP contribution is 2.42. The van der Waals surface area contributed by atoms with E-state index in [0.717, 1.165) is 17.7 Å². The molecule has 3 heterocycles. The van der Waals surface area contributed by atoms with Crippen LogP contribution in [0.2, 0.25) is 0 Å². The van der Waals surface area contributed by atoms with E-state index in [9.17, 15) is 35.9 Å². The van der Waals surface area contributed by atoms with Crippen LogP contribution in [-0.4, -0.2) is 56.5 Å². The number of benzene rings is 2. The Hall–Kier alpha value is -5.08. The van der Waals surface area contributed by atoms with Crippen molar-refractivity contribution in [1.29, 1.82) is 0 Å². The van der Waals surface area contributed by atoms with Gasteiger partial charge in [-0.15, -0.1) is 0 Å². The van der Waals surface area contributed by atoms with E-state index in [-0.39, 0.29) is 30.4 Å². The van der Waals surface area contributed by atoms with Crippen LogP contribution in [0.3, 0.4) is 0 Å². The van der Waals surface area contributed by atoms with Gasteiger partial charge in [-0.05, 0) is 61.1 Å². The highest BCUT2D eigenvalue weighted by Gasteiger charge is 2.41. The van der Waals surface area contributed by atoms with E-state index >= 15 is 0 Å². The van der Waals surface area contributed by atoms with Gasteiger partial charge in [0.15, 0.2) is 11.5 Å². The summed E-state index contributed by atoms with van der Waals surface area (Å²) in [5, 5.41) is 12.9. The second-order valence-corrected chi connectivity index (χ2v) is 10.7. The van der Waals surface area contributed by atoms with Gasteiger partial charge in [0, 0.05) is 18.7 Å². The van der Waals surface area contributed by atoms with E-state index in [1.165, 1.54) is 36.1 Å². The minimum atomic E-state index is -5.05.